The average molecular weight is 463 g/mol. The van der Waals surface area contributed by atoms with Crippen molar-refractivity contribution in [2.24, 2.45) is 5.92 Å². The Balaban J connectivity index is 1.19. The zero-order valence-electron chi connectivity index (χ0n) is 19.8. The van der Waals surface area contributed by atoms with E-state index in [1.165, 1.54) is 25.9 Å². The second-order valence-electron chi connectivity index (χ2n) is 9.70. The summed E-state index contributed by atoms with van der Waals surface area (Å²) in [6.07, 6.45) is 6.90. The molecule has 1 unspecified atom stereocenters. The van der Waals surface area contributed by atoms with Crippen LogP contribution in [0.4, 0.5) is 0 Å². The van der Waals surface area contributed by atoms with Crippen LogP contribution in [0.3, 0.4) is 0 Å². The van der Waals surface area contributed by atoms with E-state index in [-0.39, 0.29) is 11.8 Å². The summed E-state index contributed by atoms with van der Waals surface area (Å²) >= 11 is 0. The quantitative estimate of drug-likeness (QED) is 0.685. The molecule has 0 radical (unpaired) electrons. The van der Waals surface area contributed by atoms with Crippen LogP contribution < -0.4 is 5.32 Å². The standard InChI is InChI=1S/C27H34N4O3/c32-26(29-16-20-10-15-34-19-20)25-5-3-4-22-18-31(14-9-24(22)25)27(33)21-6-7-23(28-17-21)8-13-30-11-1-2-12-30/h3-7,17,20H,1-2,8-16,18-19H2,(H,29,32). The molecule has 0 saturated carbocycles. The van der Waals surface area contributed by atoms with Gasteiger partial charge in [0, 0.05) is 62.6 Å². The molecular weight excluding hydrogens is 428 g/mol. The second-order valence-corrected chi connectivity index (χ2v) is 9.70. The fourth-order valence-electron chi connectivity index (χ4n) is 5.23. The number of hydrogen-bond donors (Lipinski definition) is 1. The fraction of sp³-hybridized carbons (Fsp3) is 0.519. The maximum absolute atomic E-state index is 13.1. The van der Waals surface area contributed by atoms with Crippen LogP contribution in [0.5, 0.6) is 0 Å². The molecule has 4 heterocycles. The summed E-state index contributed by atoms with van der Waals surface area (Å²) in [6.45, 7) is 6.67. The van der Waals surface area contributed by atoms with Crippen molar-refractivity contribution < 1.29 is 14.3 Å². The maximum atomic E-state index is 13.1. The molecule has 0 aliphatic carbocycles. The number of benzene rings is 1. The lowest BCUT2D eigenvalue weighted by Crippen LogP contribution is -2.37. The number of hydrogen-bond acceptors (Lipinski definition) is 5. The maximum Gasteiger partial charge on any atom is 0.255 e. The van der Waals surface area contributed by atoms with Gasteiger partial charge in [-0.15, -0.1) is 0 Å². The molecule has 1 aromatic heterocycles. The molecule has 2 fully saturated rings. The van der Waals surface area contributed by atoms with Crippen molar-refractivity contribution in [3.05, 3.63) is 64.5 Å². The van der Waals surface area contributed by atoms with Crippen molar-refractivity contribution in [1.29, 1.82) is 0 Å². The fourth-order valence-corrected chi connectivity index (χ4v) is 5.23. The van der Waals surface area contributed by atoms with Crippen LogP contribution in [0.25, 0.3) is 0 Å². The Hall–Kier alpha value is -2.77. The number of aromatic nitrogens is 1. The Morgan fingerprint density at radius 3 is 2.76 bits per heavy atom. The predicted molar refractivity (Wildman–Crippen MR) is 130 cm³/mol. The van der Waals surface area contributed by atoms with Gasteiger partial charge in [-0.2, -0.15) is 0 Å². The van der Waals surface area contributed by atoms with Crippen LogP contribution in [-0.2, 0) is 24.1 Å². The number of carbonyl (C=O) groups excluding carboxylic acids is 2. The minimum absolute atomic E-state index is 0.000306. The third-order valence-electron chi connectivity index (χ3n) is 7.33. The lowest BCUT2D eigenvalue weighted by atomic mass is 9.93. The number of carbonyl (C=O) groups is 2. The molecule has 2 aromatic rings. The molecule has 5 rings (SSSR count). The largest absolute Gasteiger partial charge is 0.381 e. The van der Waals surface area contributed by atoms with Gasteiger partial charge in [0.2, 0.25) is 0 Å². The van der Waals surface area contributed by atoms with E-state index >= 15 is 0 Å². The minimum Gasteiger partial charge on any atom is -0.381 e. The first kappa shape index (κ1) is 23.0. The molecule has 1 N–H and O–H groups in total. The minimum atomic E-state index is -0.0303. The zero-order valence-corrected chi connectivity index (χ0v) is 19.8. The van der Waals surface area contributed by atoms with Gasteiger partial charge in [0.15, 0.2) is 0 Å². The number of rotatable bonds is 7. The third kappa shape index (κ3) is 5.31. The summed E-state index contributed by atoms with van der Waals surface area (Å²) in [5.74, 6) is 0.370. The monoisotopic (exact) mass is 462 g/mol. The third-order valence-corrected chi connectivity index (χ3v) is 7.33. The van der Waals surface area contributed by atoms with Gasteiger partial charge < -0.3 is 19.9 Å². The summed E-state index contributed by atoms with van der Waals surface area (Å²) < 4.78 is 5.40. The summed E-state index contributed by atoms with van der Waals surface area (Å²) in [5, 5.41) is 3.07. The number of nitrogens with one attached hydrogen (secondary N) is 1. The Labute approximate surface area is 201 Å². The van der Waals surface area contributed by atoms with Gasteiger partial charge in [0.1, 0.15) is 0 Å². The van der Waals surface area contributed by atoms with E-state index in [0.29, 0.717) is 37.5 Å². The molecule has 3 aliphatic heterocycles. The van der Waals surface area contributed by atoms with E-state index in [1.54, 1.807) is 6.20 Å². The second kappa shape index (κ2) is 10.7. The van der Waals surface area contributed by atoms with Crippen LogP contribution >= 0.6 is 0 Å². The number of pyridine rings is 1. The first-order valence-electron chi connectivity index (χ1n) is 12.6. The Morgan fingerprint density at radius 1 is 1.12 bits per heavy atom. The molecule has 2 amide bonds. The molecule has 0 bridgehead atoms. The lowest BCUT2D eigenvalue weighted by Gasteiger charge is -2.30. The average Bonchev–Trinajstić information content (AvgIpc) is 3.60. The number of likely N-dealkylation sites (tertiary alicyclic amines) is 1. The number of nitrogens with zero attached hydrogens (tertiary/aromatic N) is 3. The van der Waals surface area contributed by atoms with Crippen molar-refractivity contribution in [3.63, 3.8) is 0 Å². The van der Waals surface area contributed by atoms with Crippen LogP contribution in [0.1, 0.15) is 56.8 Å². The van der Waals surface area contributed by atoms with Gasteiger partial charge in [0.25, 0.3) is 11.8 Å². The first-order chi connectivity index (χ1) is 16.7. The highest BCUT2D eigenvalue weighted by atomic mass is 16.5. The van der Waals surface area contributed by atoms with Crippen molar-refractivity contribution in [2.75, 3.05) is 45.9 Å². The van der Waals surface area contributed by atoms with Crippen molar-refractivity contribution in [3.8, 4) is 0 Å². The smallest absolute Gasteiger partial charge is 0.255 e. The molecule has 1 atom stereocenters. The van der Waals surface area contributed by atoms with E-state index < -0.39 is 0 Å². The van der Waals surface area contributed by atoms with Gasteiger partial charge in [0.05, 0.1) is 12.2 Å². The van der Waals surface area contributed by atoms with Gasteiger partial charge in [-0.3, -0.25) is 14.6 Å². The van der Waals surface area contributed by atoms with Crippen LogP contribution in [-0.4, -0.2) is 72.5 Å². The molecule has 7 heteroatoms. The highest BCUT2D eigenvalue weighted by molar-refractivity contribution is 5.97. The molecule has 7 nitrogen and oxygen atoms in total. The predicted octanol–water partition coefficient (Wildman–Crippen LogP) is 2.68. The molecular formula is C27H34N4O3. The van der Waals surface area contributed by atoms with E-state index in [2.05, 4.69) is 15.2 Å². The van der Waals surface area contributed by atoms with Crippen molar-refractivity contribution >= 4 is 11.8 Å². The number of fused-ring (bicyclic) bond motifs is 1. The SMILES string of the molecule is O=C(NCC1CCOC1)c1cccc2c1CCN(C(=O)c1ccc(CCN3CCCC3)nc1)C2. The van der Waals surface area contributed by atoms with Gasteiger partial charge in [-0.05, 0) is 68.1 Å². The number of ether oxygens (including phenoxy) is 1. The van der Waals surface area contributed by atoms with E-state index in [1.807, 2.05) is 35.2 Å². The molecule has 34 heavy (non-hydrogen) atoms. The van der Waals surface area contributed by atoms with E-state index in [9.17, 15) is 9.59 Å². The Bertz CT molecular complexity index is 1010. The highest BCUT2D eigenvalue weighted by Gasteiger charge is 2.26. The van der Waals surface area contributed by atoms with Gasteiger partial charge in [-0.1, -0.05) is 12.1 Å². The molecule has 0 spiro atoms. The number of amides is 2. The van der Waals surface area contributed by atoms with Crippen molar-refractivity contribution in [2.45, 2.75) is 38.6 Å². The van der Waals surface area contributed by atoms with Crippen LogP contribution in [0.15, 0.2) is 36.5 Å². The molecule has 1 aromatic carbocycles. The van der Waals surface area contributed by atoms with Crippen LogP contribution in [0, 0.1) is 5.92 Å². The molecule has 2 saturated heterocycles. The normalized spacial score (nSPS) is 20.4. The Morgan fingerprint density at radius 2 is 2.00 bits per heavy atom. The highest BCUT2D eigenvalue weighted by Crippen LogP contribution is 2.24. The topological polar surface area (TPSA) is 74.8 Å². The van der Waals surface area contributed by atoms with Crippen LogP contribution in [0.2, 0.25) is 0 Å². The van der Waals surface area contributed by atoms with Gasteiger partial charge in [-0.25, -0.2) is 0 Å². The summed E-state index contributed by atoms with van der Waals surface area (Å²) in [4.78, 5) is 34.9. The summed E-state index contributed by atoms with van der Waals surface area (Å²) in [6, 6.07) is 9.72. The lowest BCUT2D eigenvalue weighted by molar-refractivity contribution is 0.0734. The summed E-state index contributed by atoms with van der Waals surface area (Å²) in [7, 11) is 0. The molecule has 180 valence electrons. The zero-order chi connectivity index (χ0) is 23.3. The molecule has 3 aliphatic rings. The van der Waals surface area contributed by atoms with E-state index in [0.717, 1.165) is 55.0 Å². The Kier molecular flexibility index (Phi) is 7.21. The van der Waals surface area contributed by atoms with Gasteiger partial charge >= 0.3 is 0 Å². The van der Waals surface area contributed by atoms with Crippen molar-refractivity contribution in [1.82, 2.24) is 20.1 Å². The first-order valence-corrected chi connectivity index (χ1v) is 12.6. The summed E-state index contributed by atoms with van der Waals surface area (Å²) in [5.41, 5.74) is 4.49. The van der Waals surface area contributed by atoms with E-state index in [4.69, 9.17) is 4.74 Å².